The molecule has 2 rings (SSSR count). The summed E-state index contributed by atoms with van der Waals surface area (Å²) in [5.41, 5.74) is 5.74. The zero-order chi connectivity index (χ0) is 28.2. The van der Waals surface area contributed by atoms with Gasteiger partial charge in [0.05, 0.1) is 19.8 Å². The maximum Gasteiger partial charge on any atom is 0.326 e. The van der Waals surface area contributed by atoms with Crippen molar-refractivity contribution >= 4 is 23.7 Å². The van der Waals surface area contributed by atoms with Crippen LogP contribution in [0.1, 0.15) is 65.9 Å². The van der Waals surface area contributed by atoms with Crippen molar-refractivity contribution in [2.24, 2.45) is 16.6 Å². The van der Waals surface area contributed by atoms with Crippen LogP contribution in [-0.4, -0.2) is 67.7 Å². The fourth-order valence-corrected chi connectivity index (χ4v) is 3.51. The van der Waals surface area contributed by atoms with Gasteiger partial charge in [0.15, 0.2) is 11.7 Å². The third-order valence-electron chi connectivity index (χ3n) is 5.99. The molecule has 3 atom stereocenters. The molecule has 0 spiro atoms. The molecule has 13 nitrogen and oxygen atoms in total. The summed E-state index contributed by atoms with van der Waals surface area (Å²) in [7, 11) is 4.49. The van der Waals surface area contributed by atoms with E-state index in [1.54, 1.807) is 18.2 Å². The van der Waals surface area contributed by atoms with Crippen LogP contribution in [0, 0.1) is 5.92 Å². The van der Waals surface area contributed by atoms with E-state index >= 15 is 0 Å². The standard InChI is InChI=1S/C25H36N6O7/c1-6-14(2)20(31-21(32)16-10-9-15(36-4)12-19(16)37-5)23-30-18(13-38-23)22(33)29-17(24(34)35)8-7-11-28-25(26)27-3/h9-10,12-14,17,20H,6-8,11H2,1-5H3,(H,29,33)(H,31,32)(H,34,35)(H3,26,27,28)/t14-,17-,20-/m0/s1. The zero-order valence-electron chi connectivity index (χ0n) is 22.2. The first-order chi connectivity index (χ1) is 18.1. The number of carboxylic acids is 1. The average molecular weight is 533 g/mol. The smallest absolute Gasteiger partial charge is 0.326 e. The highest BCUT2D eigenvalue weighted by atomic mass is 16.5. The summed E-state index contributed by atoms with van der Waals surface area (Å²) in [6.45, 7) is 4.25. The Morgan fingerprint density at radius 1 is 1.18 bits per heavy atom. The third-order valence-corrected chi connectivity index (χ3v) is 5.99. The van der Waals surface area contributed by atoms with Gasteiger partial charge in [-0.15, -0.1) is 0 Å². The number of guanidine groups is 1. The first kappa shape index (κ1) is 29.9. The first-order valence-electron chi connectivity index (χ1n) is 12.1. The number of nitrogens with two attached hydrogens (primary N) is 1. The van der Waals surface area contributed by atoms with Crippen molar-refractivity contribution in [2.75, 3.05) is 27.8 Å². The fourth-order valence-electron chi connectivity index (χ4n) is 3.51. The molecular weight excluding hydrogens is 496 g/mol. The van der Waals surface area contributed by atoms with Gasteiger partial charge in [0.25, 0.3) is 11.8 Å². The van der Waals surface area contributed by atoms with Gasteiger partial charge in [-0.3, -0.25) is 14.6 Å². The van der Waals surface area contributed by atoms with E-state index in [0.717, 1.165) is 6.26 Å². The summed E-state index contributed by atoms with van der Waals surface area (Å²) in [5, 5.41) is 17.7. The van der Waals surface area contributed by atoms with E-state index in [-0.39, 0.29) is 35.4 Å². The molecule has 0 fully saturated rings. The van der Waals surface area contributed by atoms with Crippen molar-refractivity contribution in [3.05, 3.63) is 41.6 Å². The quantitative estimate of drug-likeness (QED) is 0.136. The molecule has 0 bridgehead atoms. The van der Waals surface area contributed by atoms with Gasteiger partial charge in [0.2, 0.25) is 5.89 Å². The lowest BCUT2D eigenvalue weighted by molar-refractivity contribution is -0.139. The third kappa shape index (κ3) is 8.11. The summed E-state index contributed by atoms with van der Waals surface area (Å²) >= 11 is 0. The van der Waals surface area contributed by atoms with E-state index in [4.69, 9.17) is 19.6 Å². The van der Waals surface area contributed by atoms with E-state index in [2.05, 4.69) is 25.9 Å². The molecule has 0 aliphatic carbocycles. The highest BCUT2D eigenvalue weighted by Gasteiger charge is 2.29. The van der Waals surface area contributed by atoms with Crippen molar-refractivity contribution in [3.8, 4) is 11.5 Å². The Hall–Kier alpha value is -4.29. The van der Waals surface area contributed by atoms with Gasteiger partial charge in [-0.1, -0.05) is 20.3 Å². The number of nitrogens with zero attached hydrogens (tertiary/aromatic N) is 2. The van der Waals surface area contributed by atoms with Crippen LogP contribution in [0.3, 0.4) is 0 Å². The number of aromatic nitrogens is 1. The number of oxazole rings is 1. The molecule has 0 radical (unpaired) electrons. The van der Waals surface area contributed by atoms with Crippen LogP contribution < -0.4 is 31.2 Å². The summed E-state index contributed by atoms with van der Waals surface area (Å²) < 4.78 is 16.1. The van der Waals surface area contributed by atoms with Gasteiger partial charge in [-0.2, -0.15) is 0 Å². The van der Waals surface area contributed by atoms with Gasteiger partial charge in [-0.05, 0) is 30.9 Å². The molecule has 2 aromatic rings. The van der Waals surface area contributed by atoms with Crippen LogP contribution in [0.4, 0.5) is 0 Å². The van der Waals surface area contributed by atoms with Gasteiger partial charge < -0.3 is 40.7 Å². The Balaban J connectivity index is 2.14. The SMILES string of the molecule is CC[C@H](C)[C@H](NC(=O)c1ccc(OC)cc1OC)c1nc(C(=O)N[C@@H](CCCNC(N)=NC)C(=O)O)co1. The normalized spacial score (nSPS) is 13.7. The van der Waals surface area contributed by atoms with Crippen LogP contribution in [0.15, 0.2) is 33.9 Å². The molecule has 1 heterocycles. The molecule has 0 saturated heterocycles. The van der Waals surface area contributed by atoms with Crippen molar-refractivity contribution in [1.82, 2.24) is 20.9 Å². The van der Waals surface area contributed by atoms with Crippen LogP contribution in [0.25, 0.3) is 0 Å². The summed E-state index contributed by atoms with van der Waals surface area (Å²) in [6, 6.07) is 3.02. The molecule has 6 N–H and O–H groups in total. The highest BCUT2D eigenvalue weighted by molar-refractivity contribution is 5.97. The molecule has 13 heteroatoms. The Kier molecular flexibility index (Phi) is 11.4. The minimum absolute atomic E-state index is 0.101. The number of aliphatic imine (C=N–C) groups is 1. The number of rotatable bonds is 14. The number of carbonyl (C=O) groups is 3. The molecule has 38 heavy (non-hydrogen) atoms. The minimum atomic E-state index is -1.18. The van der Waals surface area contributed by atoms with Crippen molar-refractivity contribution in [1.29, 1.82) is 0 Å². The lowest BCUT2D eigenvalue weighted by Crippen LogP contribution is -2.41. The van der Waals surface area contributed by atoms with Gasteiger partial charge >= 0.3 is 5.97 Å². The number of ether oxygens (including phenoxy) is 2. The number of nitrogens with one attached hydrogen (secondary N) is 3. The van der Waals surface area contributed by atoms with Crippen molar-refractivity contribution in [2.45, 2.75) is 45.2 Å². The molecule has 0 aliphatic heterocycles. The predicted octanol–water partition coefficient (Wildman–Crippen LogP) is 1.71. The second-order valence-corrected chi connectivity index (χ2v) is 8.52. The Morgan fingerprint density at radius 3 is 2.53 bits per heavy atom. The van der Waals surface area contributed by atoms with E-state index in [1.807, 2.05) is 13.8 Å². The monoisotopic (exact) mass is 532 g/mol. The average Bonchev–Trinajstić information content (AvgIpc) is 3.42. The van der Waals surface area contributed by atoms with E-state index < -0.39 is 29.9 Å². The molecule has 2 amide bonds. The number of benzene rings is 1. The number of hydrogen-bond acceptors (Lipinski definition) is 8. The Morgan fingerprint density at radius 2 is 1.92 bits per heavy atom. The molecule has 0 saturated carbocycles. The molecule has 1 aromatic heterocycles. The highest BCUT2D eigenvalue weighted by Crippen LogP contribution is 2.28. The lowest BCUT2D eigenvalue weighted by atomic mass is 9.98. The summed E-state index contributed by atoms with van der Waals surface area (Å²) in [5.74, 6) is -1.19. The Labute approximate surface area is 221 Å². The van der Waals surface area contributed by atoms with Crippen LogP contribution in [0.5, 0.6) is 11.5 Å². The van der Waals surface area contributed by atoms with Gasteiger partial charge in [-0.25, -0.2) is 9.78 Å². The lowest BCUT2D eigenvalue weighted by Gasteiger charge is -2.22. The largest absolute Gasteiger partial charge is 0.497 e. The van der Waals surface area contributed by atoms with Crippen LogP contribution in [0.2, 0.25) is 0 Å². The van der Waals surface area contributed by atoms with Crippen molar-refractivity contribution < 1.29 is 33.4 Å². The van der Waals surface area contributed by atoms with Crippen LogP contribution >= 0.6 is 0 Å². The first-order valence-corrected chi connectivity index (χ1v) is 12.1. The second-order valence-electron chi connectivity index (χ2n) is 8.52. The molecule has 0 aliphatic rings. The van der Waals surface area contributed by atoms with E-state index in [9.17, 15) is 19.5 Å². The molecular formula is C25H36N6O7. The molecule has 208 valence electrons. The molecule has 1 aromatic carbocycles. The number of carboxylic acid groups (broad SMARTS) is 1. The zero-order valence-corrected chi connectivity index (χ0v) is 22.2. The maximum atomic E-state index is 13.1. The summed E-state index contributed by atoms with van der Waals surface area (Å²) in [6.07, 6.45) is 2.40. The number of hydrogen-bond donors (Lipinski definition) is 5. The van der Waals surface area contributed by atoms with Crippen molar-refractivity contribution in [3.63, 3.8) is 0 Å². The molecule has 0 unspecified atom stereocenters. The predicted molar refractivity (Wildman–Crippen MR) is 139 cm³/mol. The number of carbonyl (C=O) groups excluding carboxylic acids is 2. The van der Waals surface area contributed by atoms with E-state index in [0.29, 0.717) is 30.9 Å². The fraction of sp³-hybridized carbons (Fsp3) is 0.480. The topological polar surface area (TPSA) is 190 Å². The second kappa shape index (κ2) is 14.4. The van der Waals surface area contributed by atoms with Gasteiger partial charge in [0.1, 0.15) is 29.8 Å². The number of methoxy groups -OCH3 is 2. The Bertz CT molecular complexity index is 1130. The number of amides is 2. The maximum absolute atomic E-state index is 13.1. The van der Waals surface area contributed by atoms with Crippen LogP contribution in [-0.2, 0) is 4.79 Å². The number of aliphatic carboxylic acids is 1. The minimum Gasteiger partial charge on any atom is -0.497 e. The van der Waals surface area contributed by atoms with Gasteiger partial charge in [0, 0.05) is 19.7 Å². The van der Waals surface area contributed by atoms with E-state index in [1.165, 1.54) is 21.3 Å². The summed E-state index contributed by atoms with van der Waals surface area (Å²) in [4.78, 5) is 45.5.